The highest BCUT2D eigenvalue weighted by Crippen LogP contribution is 2.20. The lowest BCUT2D eigenvalue weighted by molar-refractivity contribution is 0.737. The van der Waals surface area contributed by atoms with Crippen LogP contribution in [0, 0.1) is 5.92 Å². The summed E-state index contributed by atoms with van der Waals surface area (Å²) in [4.78, 5) is 0. The molecule has 0 bridgehead atoms. The van der Waals surface area contributed by atoms with E-state index in [0.717, 1.165) is 5.92 Å². The molecule has 0 saturated carbocycles. The molecule has 0 aromatic heterocycles. The minimum absolute atomic E-state index is 0.376. The molecule has 1 aliphatic rings. The minimum atomic E-state index is 0.376. The molecule has 1 heterocycles. The zero-order chi connectivity index (χ0) is 5.82. The van der Waals surface area contributed by atoms with E-state index in [-0.39, 0.29) is 0 Å². The van der Waals surface area contributed by atoms with Crippen LogP contribution in [0.3, 0.4) is 0 Å². The molecule has 0 aromatic rings. The fraction of sp³-hybridized carbons (Fsp3) is 0.571. The lowest BCUT2D eigenvalue weighted by atomic mass is 10.1. The summed E-state index contributed by atoms with van der Waals surface area (Å²) in [6, 6.07) is 3.05. The molecule has 0 radical (unpaired) electrons. The Hall–Kier alpha value is -0.263. The van der Waals surface area contributed by atoms with Crippen molar-refractivity contribution in [3.63, 3.8) is 0 Å². The quantitative estimate of drug-likeness (QED) is 0.366. The summed E-state index contributed by atoms with van der Waals surface area (Å²) in [5, 5.41) is 0. The summed E-state index contributed by atoms with van der Waals surface area (Å²) in [7, 11) is 0.376. The highest BCUT2D eigenvalue weighted by molar-refractivity contribution is 6.36. The SMILES string of the molecule is C=C=CC1CC[SiH2]C1. The molecule has 0 amide bonds. The van der Waals surface area contributed by atoms with Gasteiger partial charge in [-0.05, 0) is 18.4 Å². The zero-order valence-corrected chi connectivity index (χ0v) is 6.60. The van der Waals surface area contributed by atoms with Crippen LogP contribution in [0.4, 0.5) is 0 Å². The summed E-state index contributed by atoms with van der Waals surface area (Å²) in [6.07, 6.45) is 3.56. The molecule has 1 atom stereocenters. The van der Waals surface area contributed by atoms with Crippen molar-refractivity contribution in [1.82, 2.24) is 0 Å². The van der Waals surface area contributed by atoms with Gasteiger partial charge < -0.3 is 0 Å². The lowest BCUT2D eigenvalue weighted by Gasteiger charge is -1.94. The van der Waals surface area contributed by atoms with Crippen LogP contribution in [0.15, 0.2) is 18.4 Å². The molecule has 0 aliphatic carbocycles. The predicted molar refractivity (Wildman–Crippen MR) is 40.0 cm³/mol. The summed E-state index contributed by atoms with van der Waals surface area (Å²) >= 11 is 0. The van der Waals surface area contributed by atoms with E-state index in [4.69, 9.17) is 0 Å². The van der Waals surface area contributed by atoms with Gasteiger partial charge in [-0.25, -0.2) is 0 Å². The third-order valence-electron chi connectivity index (χ3n) is 1.75. The van der Waals surface area contributed by atoms with Crippen molar-refractivity contribution in [2.75, 3.05) is 0 Å². The monoisotopic (exact) mass is 124 g/mol. The molecule has 8 heavy (non-hydrogen) atoms. The van der Waals surface area contributed by atoms with Crippen LogP contribution in [0.1, 0.15) is 6.42 Å². The molecular weight excluding hydrogens is 112 g/mol. The van der Waals surface area contributed by atoms with Crippen LogP contribution in [-0.2, 0) is 0 Å². The van der Waals surface area contributed by atoms with Crippen molar-refractivity contribution in [3.8, 4) is 0 Å². The van der Waals surface area contributed by atoms with E-state index in [2.05, 4.69) is 18.4 Å². The Balaban J connectivity index is 2.35. The molecule has 1 aliphatic heterocycles. The first-order chi connectivity index (χ1) is 3.93. The highest BCUT2D eigenvalue weighted by atomic mass is 28.2. The molecule has 44 valence electrons. The Kier molecular flexibility index (Phi) is 2.13. The maximum atomic E-state index is 3.56. The minimum Gasteiger partial charge on any atom is -0.133 e. The van der Waals surface area contributed by atoms with Crippen molar-refractivity contribution in [2.45, 2.75) is 18.5 Å². The van der Waals surface area contributed by atoms with Crippen LogP contribution in [0.5, 0.6) is 0 Å². The number of hydrogen-bond acceptors (Lipinski definition) is 0. The smallest absolute Gasteiger partial charge is 0.0204 e. The predicted octanol–water partition coefficient (Wildman–Crippen LogP) is 1.35. The number of hydrogen-bond donors (Lipinski definition) is 0. The van der Waals surface area contributed by atoms with E-state index in [1.165, 1.54) is 12.5 Å². The fourth-order valence-electron chi connectivity index (χ4n) is 1.29. The van der Waals surface area contributed by atoms with Gasteiger partial charge in [0, 0.05) is 9.52 Å². The Morgan fingerprint density at radius 2 is 2.62 bits per heavy atom. The molecular formula is C7H12Si. The molecule has 1 fully saturated rings. The van der Waals surface area contributed by atoms with Gasteiger partial charge in [0.05, 0.1) is 0 Å². The highest BCUT2D eigenvalue weighted by Gasteiger charge is 2.10. The molecule has 0 spiro atoms. The van der Waals surface area contributed by atoms with Crippen LogP contribution < -0.4 is 0 Å². The fourth-order valence-corrected chi connectivity index (χ4v) is 3.37. The third-order valence-corrected chi connectivity index (χ3v) is 3.81. The largest absolute Gasteiger partial charge is 0.133 e. The van der Waals surface area contributed by atoms with Gasteiger partial charge in [-0.1, -0.05) is 18.7 Å². The van der Waals surface area contributed by atoms with Gasteiger partial charge in [0.2, 0.25) is 0 Å². The van der Waals surface area contributed by atoms with Gasteiger partial charge in [-0.3, -0.25) is 0 Å². The summed E-state index contributed by atoms with van der Waals surface area (Å²) in [5.74, 6) is 0.874. The van der Waals surface area contributed by atoms with Crippen molar-refractivity contribution in [2.24, 2.45) is 5.92 Å². The Morgan fingerprint density at radius 3 is 3.12 bits per heavy atom. The van der Waals surface area contributed by atoms with Crippen molar-refractivity contribution in [1.29, 1.82) is 0 Å². The van der Waals surface area contributed by atoms with Gasteiger partial charge in [0.25, 0.3) is 0 Å². The Labute approximate surface area is 53.1 Å². The van der Waals surface area contributed by atoms with Crippen LogP contribution >= 0.6 is 0 Å². The lowest BCUT2D eigenvalue weighted by Crippen LogP contribution is -1.83. The second-order valence-corrected chi connectivity index (χ2v) is 4.41. The Morgan fingerprint density at radius 1 is 1.75 bits per heavy atom. The molecule has 0 aromatic carbocycles. The van der Waals surface area contributed by atoms with Gasteiger partial charge in [0.15, 0.2) is 0 Å². The first-order valence-corrected chi connectivity index (χ1v) is 5.29. The van der Waals surface area contributed by atoms with Crippen LogP contribution in [0.25, 0.3) is 0 Å². The average Bonchev–Trinajstić information content (AvgIpc) is 2.19. The van der Waals surface area contributed by atoms with E-state index in [0.29, 0.717) is 9.52 Å². The second kappa shape index (κ2) is 2.90. The second-order valence-electron chi connectivity index (χ2n) is 2.42. The van der Waals surface area contributed by atoms with E-state index in [9.17, 15) is 0 Å². The first kappa shape index (κ1) is 5.87. The number of allylic oxidation sites excluding steroid dienone is 1. The molecule has 1 saturated heterocycles. The Bertz CT molecular complexity index is 106. The van der Waals surface area contributed by atoms with E-state index >= 15 is 0 Å². The van der Waals surface area contributed by atoms with Crippen LogP contribution in [0.2, 0.25) is 12.1 Å². The normalized spacial score (nSPS) is 30.2. The first-order valence-electron chi connectivity index (χ1n) is 3.29. The summed E-state index contributed by atoms with van der Waals surface area (Å²) < 4.78 is 0. The summed E-state index contributed by atoms with van der Waals surface area (Å²) in [6.45, 7) is 3.56. The molecule has 0 N–H and O–H groups in total. The average molecular weight is 124 g/mol. The van der Waals surface area contributed by atoms with Gasteiger partial charge in [0.1, 0.15) is 0 Å². The molecule has 1 rings (SSSR count). The zero-order valence-electron chi connectivity index (χ0n) is 5.19. The van der Waals surface area contributed by atoms with E-state index in [1.807, 2.05) is 0 Å². The molecule has 0 nitrogen and oxygen atoms in total. The standard InChI is InChI=1S/C7H12Si/c1-2-3-7-4-5-8-6-7/h3,7H,1,4-6,8H2. The van der Waals surface area contributed by atoms with Crippen molar-refractivity contribution in [3.05, 3.63) is 18.4 Å². The van der Waals surface area contributed by atoms with Crippen molar-refractivity contribution < 1.29 is 0 Å². The number of rotatable bonds is 1. The molecule has 1 unspecified atom stereocenters. The topological polar surface area (TPSA) is 0 Å². The van der Waals surface area contributed by atoms with Gasteiger partial charge in [-0.2, -0.15) is 0 Å². The maximum Gasteiger partial charge on any atom is 0.0204 e. The summed E-state index contributed by atoms with van der Waals surface area (Å²) in [5.41, 5.74) is 2.86. The van der Waals surface area contributed by atoms with E-state index < -0.39 is 0 Å². The van der Waals surface area contributed by atoms with Gasteiger partial charge in [-0.15, -0.1) is 5.73 Å². The van der Waals surface area contributed by atoms with Crippen LogP contribution in [-0.4, -0.2) is 9.52 Å². The maximum absolute atomic E-state index is 3.56. The van der Waals surface area contributed by atoms with E-state index in [1.54, 1.807) is 6.04 Å². The molecule has 1 heteroatoms. The third kappa shape index (κ3) is 1.36. The van der Waals surface area contributed by atoms with Crippen molar-refractivity contribution >= 4 is 9.52 Å². The van der Waals surface area contributed by atoms with Gasteiger partial charge >= 0.3 is 0 Å².